The number of aromatic nitrogens is 1. The van der Waals surface area contributed by atoms with Gasteiger partial charge in [0.1, 0.15) is 11.3 Å². The number of rotatable bonds is 1. The van der Waals surface area contributed by atoms with Gasteiger partial charge in [0.05, 0.1) is 5.69 Å². The Morgan fingerprint density at radius 3 is 2.71 bits per heavy atom. The van der Waals surface area contributed by atoms with Crippen molar-refractivity contribution in [3.63, 3.8) is 0 Å². The van der Waals surface area contributed by atoms with Crippen LogP contribution in [0.1, 0.15) is 5.69 Å². The molecule has 0 aliphatic rings. The maximum Gasteiger partial charge on any atom is 0.141 e. The number of para-hydroxylation sites is 1. The Morgan fingerprint density at radius 1 is 1.21 bits per heavy atom. The molecule has 0 atom stereocenters. The minimum atomic E-state index is 0. The van der Waals surface area contributed by atoms with Crippen molar-refractivity contribution in [2.75, 3.05) is 0 Å². The molecule has 0 fully saturated rings. The predicted molar refractivity (Wildman–Crippen MR) is 59.3 cm³/mol. The van der Waals surface area contributed by atoms with Crippen LogP contribution in [0.3, 0.4) is 0 Å². The first kappa shape index (κ1) is 11.2. The van der Waals surface area contributed by atoms with Crippen LogP contribution >= 0.6 is 0 Å². The fourth-order valence-corrected chi connectivity index (χ4v) is 1.26. The second-order valence-electron chi connectivity index (χ2n) is 2.79. The molecule has 0 amide bonds. The van der Waals surface area contributed by atoms with Crippen molar-refractivity contribution >= 4 is 44.3 Å². The van der Waals surface area contributed by atoms with E-state index >= 15 is 0 Å². The molecule has 2 nitrogen and oxygen atoms in total. The number of phenolic OH excluding ortho intramolecular Hbond substituents is 1. The molecular weight excluding hydrogens is 369 g/mol. The van der Waals surface area contributed by atoms with Crippen LogP contribution in [0.4, 0.5) is 0 Å². The zero-order valence-electron chi connectivity index (χ0n) is 7.57. The first-order chi connectivity index (χ1) is 6.31. The molecule has 1 aromatic carbocycles. The maximum absolute atomic E-state index is 9.49. The molecule has 0 saturated carbocycles. The molecule has 68 valence electrons. The number of fused-ring (bicyclic) bond motifs is 1. The molecule has 2 rings (SSSR count). The second kappa shape index (κ2) is 4.55. The van der Waals surface area contributed by atoms with E-state index in [9.17, 15) is 5.11 Å². The topological polar surface area (TPSA) is 33.1 Å². The fraction of sp³-hybridized carbons (Fsp3) is 0. The largest absolute Gasteiger partial charge is 0.506 e. The van der Waals surface area contributed by atoms with E-state index in [1.54, 1.807) is 18.2 Å². The van der Waals surface area contributed by atoms with Crippen molar-refractivity contribution in [1.82, 2.24) is 4.98 Å². The first-order valence-corrected chi connectivity index (χ1v) is 4.02. The Kier molecular flexibility index (Phi) is 3.63. The van der Waals surface area contributed by atoms with Gasteiger partial charge in [-0.1, -0.05) is 24.8 Å². The summed E-state index contributed by atoms with van der Waals surface area (Å²) in [5.41, 5.74) is 1.40. The Labute approximate surface area is 102 Å². The third-order valence-corrected chi connectivity index (χ3v) is 1.93. The average molecular weight is 378 g/mol. The van der Waals surface area contributed by atoms with Gasteiger partial charge in [-0.05, 0) is 18.2 Å². The van der Waals surface area contributed by atoms with Gasteiger partial charge in [0.25, 0.3) is 0 Å². The summed E-state index contributed by atoms with van der Waals surface area (Å²) in [7, 11) is 0. The van der Waals surface area contributed by atoms with Crippen molar-refractivity contribution in [3.8, 4) is 5.75 Å². The van der Waals surface area contributed by atoms with E-state index in [0.29, 0.717) is 5.52 Å². The smallest absolute Gasteiger partial charge is 0.141 e. The molecule has 1 aromatic heterocycles. The molecule has 0 bridgehead atoms. The standard InChI is InChI=1S/C11H9NO.Pb/c1-2-9-7-6-8-4-3-5-10(13)11(8)12-9;/h2-7,13H,1H2;. The minimum absolute atomic E-state index is 0. The van der Waals surface area contributed by atoms with Gasteiger partial charge in [0.2, 0.25) is 0 Å². The Balaban J connectivity index is 0.000000980. The number of pyridine rings is 1. The van der Waals surface area contributed by atoms with Gasteiger partial charge in [0.15, 0.2) is 0 Å². The summed E-state index contributed by atoms with van der Waals surface area (Å²) in [5, 5.41) is 10.4. The van der Waals surface area contributed by atoms with E-state index in [1.165, 1.54) is 0 Å². The fourth-order valence-electron chi connectivity index (χ4n) is 1.26. The molecule has 0 unspecified atom stereocenters. The van der Waals surface area contributed by atoms with Crippen LogP contribution in [-0.2, 0) is 0 Å². The van der Waals surface area contributed by atoms with Crippen LogP contribution < -0.4 is 0 Å². The van der Waals surface area contributed by atoms with Crippen molar-refractivity contribution < 1.29 is 5.11 Å². The molecule has 0 spiro atoms. The molecule has 4 radical (unpaired) electrons. The van der Waals surface area contributed by atoms with E-state index in [4.69, 9.17) is 0 Å². The zero-order chi connectivity index (χ0) is 9.26. The van der Waals surface area contributed by atoms with Crippen molar-refractivity contribution in [2.24, 2.45) is 0 Å². The Morgan fingerprint density at radius 2 is 2.00 bits per heavy atom. The van der Waals surface area contributed by atoms with Gasteiger partial charge in [-0.2, -0.15) is 0 Å². The van der Waals surface area contributed by atoms with Gasteiger partial charge >= 0.3 is 0 Å². The molecule has 2 aromatic rings. The second-order valence-corrected chi connectivity index (χ2v) is 2.79. The van der Waals surface area contributed by atoms with Crippen molar-refractivity contribution in [3.05, 3.63) is 42.6 Å². The molecule has 0 aliphatic heterocycles. The van der Waals surface area contributed by atoms with Gasteiger partial charge in [-0.3, -0.25) is 0 Å². The van der Waals surface area contributed by atoms with Gasteiger partial charge in [-0.25, -0.2) is 4.98 Å². The van der Waals surface area contributed by atoms with E-state index in [0.717, 1.165) is 11.1 Å². The summed E-state index contributed by atoms with van der Waals surface area (Å²) in [6.45, 7) is 3.62. The monoisotopic (exact) mass is 379 g/mol. The first-order valence-electron chi connectivity index (χ1n) is 4.02. The van der Waals surface area contributed by atoms with Gasteiger partial charge in [-0.15, -0.1) is 0 Å². The van der Waals surface area contributed by atoms with Gasteiger partial charge in [0, 0.05) is 32.7 Å². The number of benzene rings is 1. The number of hydrogen-bond donors (Lipinski definition) is 1. The summed E-state index contributed by atoms with van der Waals surface area (Å²) in [6.07, 6.45) is 1.66. The summed E-state index contributed by atoms with van der Waals surface area (Å²) < 4.78 is 0. The molecular formula is C11H9NOPb. The summed E-state index contributed by atoms with van der Waals surface area (Å²) >= 11 is 0. The van der Waals surface area contributed by atoms with E-state index in [-0.39, 0.29) is 33.0 Å². The van der Waals surface area contributed by atoms with Crippen LogP contribution in [0.2, 0.25) is 0 Å². The minimum Gasteiger partial charge on any atom is -0.506 e. The molecule has 3 heteroatoms. The van der Waals surface area contributed by atoms with E-state index < -0.39 is 0 Å². The Bertz CT molecular complexity index is 468. The molecule has 1 N–H and O–H groups in total. The third-order valence-electron chi connectivity index (χ3n) is 1.93. The SMILES string of the molecule is C=Cc1ccc2cccc(O)c2n1.[Pb]. The molecule has 1 heterocycles. The maximum atomic E-state index is 9.49. The summed E-state index contributed by atoms with van der Waals surface area (Å²) in [5.74, 6) is 0.209. The zero-order valence-corrected chi connectivity index (χ0v) is 11.5. The number of phenols is 1. The van der Waals surface area contributed by atoms with Crippen molar-refractivity contribution in [1.29, 1.82) is 0 Å². The number of aromatic hydroxyl groups is 1. The third kappa shape index (κ3) is 1.95. The quantitative estimate of drug-likeness (QED) is 0.772. The van der Waals surface area contributed by atoms with Crippen LogP contribution in [0, 0.1) is 0 Å². The summed E-state index contributed by atoms with van der Waals surface area (Å²) in [6, 6.07) is 9.12. The number of hydrogen-bond acceptors (Lipinski definition) is 2. The van der Waals surface area contributed by atoms with E-state index in [1.807, 2.05) is 18.2 Å². The predicted octanol–water partition coefficient (Wildman–Crippen LogP) is 2.20. The van der Waals surface area contributed by atoms with Gasteiger partial charge < -0.3 is 5.11 Å². The normalized spacial score (nSPS) is 9.43. The van der Waals surface area contributed by atoms with Crippen molar-refractivity contribution in [2.45, 2.75) is 0 Å². The van der Waals surface area contributed by atoms with Crippen LogP contribution in [0.15, 0.2) is 36.9 Å². The molecule has 0 aliphatic carbocycles. The average Bonchev–Trinajstić information content (AvgIpc) is 2.18. The van der Waals surface area contributed by atoms with Crippen LogP contribution in [0.25, 0.3) is 17.0 Å². The Hall–Kier alpha value is -0.908. The van der Waals surface area contributed by atoms with E-state index in [2.05, 4.69) is 11.6 Å². The molecule has 14 heavy (non-hydrogen) atoms. The number of nitrogens with zero attached hydrogens (tertiary/aromatic N) is 1. The molecule has 0 saturated heterocycles. The van der Waals surface area contributed by atoms with Crippen LogP contribution in [-0.4, -0.2) is 37.4 Å². The summed E-state index contributed by atoms with van der Waals surface area (Å²) in [4.78, 5) is 4.23. The van der Waals surface area contributed by atoms with Crippen LogP contribution in [0.5, 0.6) is 5.75 Å².